The number of hydrogen-bond acceptors (Lipinski definition) is 3. The summed E-state index contributed by atoms with van der Waals surface area (Å²) < 4.78 is 0. The number of phenolic OH excluding ortho intramolecular Hbond substituents is 2. The van der Waals surface area contributed by atoms with Crippen molar-refractivity contribution in [2.45, 2.75) is 72.1 Å². The van der Waals surface area contributed by atoms with E-state index in [1.165, 1.54) is 0 Å². The molecule has 33 heavy (non-hydrogen) atoms. The molecule has 0 atom stereocenters. The summed E-state index contributed by atoms with van der Waals surface area (Å²) in [7, 11) is 0. The summed E-state index contributed by atoms with van der Waals surface area (Å²) in [6.07, 6.45) is 0. The van der Waals surface area contributed by atoms with E-state index in [4.69, 9.17) is 0 Å². The van der Waals surface area contributed by atoms with Gasteiger partial charge in [-0.3, -0.25) is 0 Å². The predicted molar refractivity (Wildman–Crippen MR) is 135 cm³/mol. The van der Waals surface area contributed by atoms with Crippen LogP contribution in [0.5, 0.6) is 11.5 Å². The highest BCUT2D eigenvalue weighted by atomic mass is 16.3. The predicted octanol–water partition coefficient (Wildman–Crippen LogP) is 7.36. The molecular weight excluding hydrogens is 406 g/mol. The van der Waals surface area contributed by atoms with Crippen molar-refractivity contribution in [2.24, 2.45) is 0 Å². The van der Waals surface area contributed by atoms with E-state index in [0.29, 0.717) is 5.56 Å². The standard InChI is InChI=1S/C30H35NO2/c1-18-13-22(27(32)24(15-18)29(3,4)5)26(21-11-9-20(17-31)10-12-21)23-14-19(2)16-25(28(23)33)30(6,7)8/h9-16,26,32-33H,1-8H3. The maximum Gasteiger partial charge on any atom is 0.123 e. The maximum atomic E-state index is 11.5. The molecule has 0 aliphatic rings. The van der Waals surface area contributed by atoms with Crippen LogP contribution in [0, 0.1) is 25.2 Å². The fourth-order valence-electron chi connectivity index (χ4n) is 4.47. The van der Waals surface area contributed by atoms with Gasteiger partial charge in [-0.2, -0.15) is 5.26 Å². The highest BCUT2D eigenvalue weighted by Crippen LogP contribution is 2.47. The Bertz CT molecular complexity index is 1150. The molecule has 3 aromatic carbocycles. The van der Waals surface area contributed by atoms with Gasteiger partial charge in [-0.15, -0.1) is 0 Å². The maximum absolute atomic E-state index is 11.5. The average molecular weight is 442 g/mol. The molecule has 0 aliphatic heterocycles. The van der Waals surface area contributed by atoms with Gasteiger partial charge in [-0.1, -0.05) is 89.1 Å². The summed E-state index contributed by atoms with van der Waals surface area (Å²) in [6, 6.07) is 17.7. The monoisotopic (exact) mass is 441 g/mol. The van der Waals surface area contributed by atoms with Crippen molar-refractivity contribution in [2.75, 3.05) is 0 Å². The number of aryl methyl sites for hydroxylation is 2. The molecule has 0 amide bonds. The van der Waals surface area contributed by atoms with E-state index in [1.54, 1.807) is 12.1 Å². The molecule has 0 bridgehead atoms. The Balaban J connectivity index is 2.41. The van der Waals surface area contributed by atoms with Crippen molar-refractivity contribution < 1.29 is 10.2 Å². The molecule has 0 fully saturated rings. The molecule has 0 unspecified atom stereocenters. The molecule has 3 nitrogen and oxygen atoms in total. The van der Waals surface area contributed by atoms with Crippen LogP contribution < -0.4 is 0 Å². The third-order valence-electron chi connectivity index (χ3n) is 6.18. The summed E-state index contributed by atoms with van der Waals surface area (Å²) in [5.74, 6) is 0.112. The summed E-state index contributed by atoms with van der Waals surface area (Å²) in [5, 5.41) is 32.3. The third-order valence-corrected chi connectivity index (χ3v) is 6.18. The molecule has 3 aromatic rings. The average Bonchev–Trinajstić information content (AvgIpc) is 2.71. The van der Waals surface area contributed by atoms with Crippen LogP contribution in [0.15, 0.2) is 48.5 Å². The van der Waals surface area contributed by atoms with Gasteiger partial charge in [0.25, 0.3) is 0 Å². The Hall–Kier alpha value is -3.25. The van der Waals surface area contributed by atoms with Crippen molar-refractivity contribution in [1.82, 2.24) is 0 Å². The molecule has 0 radical (unpaired) electrons. The topological polar surface area (TPSA) is 64.2 Å². The van der Waals surface area contributed by atoms with Crippen molar-refractivity contribution >= 4 is 0 Å². The summed E-state index contributed by atoms with van der Waals surface area (Å²) in [5.41, 5.74) is 6.36. The minimum atomic E-state index is -0.389. The first-order chi connectivity index (χ1) is 15.2. The lowest BCUT2D eigenvalue weighted by molar-refractivity contribution is 0.431. The van der Waals surface area contributed by atoms with E-state index in [1.807, 2.05) is 50.2 Å². The van der Waals surface area contributed by atoms with Crippen LogP contribution in [0.2, 0.25) is 0 Å². The van der Waals surface area contributed by atoms with Crippen LogP contribution in [-0.2, 0) is 10.8 Å². The minimum Gasteiger partial charge on any atom is -0.507 e. The van der Waals surface area contributed by atoms with Crippen molar-refractivity contribution in [1.29, 1.82) is 5.26 Å². The van der Waals surface area contributed by atoms with Crippen LogP contribution in [0.25, 0.3) is 0 Å². The van der Waals surface area contributed by atoms with Crippen LogP contribution in [0.3, 0.4) is 0 Å². The quantitative estimate of drug-likeness (QED) is 0.417. The minimum absolute atomic E-state index is 0.245. The number of phenols is 2. The number of benzene rings is 3. The van der Waals surface area contributed by atoms with Gasteiger partial charge in [0, 0.05) is 17.0 Å². The second-order valence-corrected chi connectivity index (χ2v) is 11.2. The van der Waals surface area contributed by atoms with Gasteiger partial charge in [0.2, 0.25) is 0 Å². The van der Waals surface area contributed by atoms with Gasteiger partial charge in [0.1, 0.15) is 11.5 Å². The van der Waals surface area contributed by atoms with Crippen molar-refractivity contribution in [3.05, 3.63) is 93.0 Å². The van der Waals surface area contributed by atoms with Crippen LogP contribution in [-0.4, -0.2) is 10.2 Å². The fraction of sp³-hybridized carbons (Fsp3) is 0.367. The molecular formula is C30H35NO2. The van der Waals surface area contributed by atoms with Crippen molar-refractivity contribution in [3.8, 4) is 17.6 Å². The first-order valence-electron chi connectivity index (χ1n) is 11.4. The number of hydrogen-bond donors (Lipinski definition) is 2. The number of nitrogens with zero attached hydrogens (tertiary/aromatic N) is 1. The van der Waals surface area contributed by atoms with Gasteiger partial charge < -0.3 is 10.2 Å². The Labute approximate surface area is 198 Å². The van der Waals surface area contributed by atoms with Crippen molar-refractivity contribution in [3.63, 3.8) is 0 Å². The molecule has 0 saturated carbocycles. The third kappa shape index (κ3) is 4.91. The van der Waals surface area contributed by atoms with E-state index < -0.39 is 0 Å². The summed E-state index contributed by atoms with van der Waals surface area (Å²) in [6.45, 7) is 16.6. The zero-order valence-electron chi connectivity index (χ0n) is 21.0. The second kappa shape index (κ2) is 8.60. The van der Waals surface area contributed by atoms with Crippen LogP contribution in [0.1, 0.15) is 92.0 Å². The first-order valence-corrected chi connectivity index (χ1v) is 11.4. The fourth-order valence-corrected chi connectivity index (χ4v) is 4.47. The second-order valence-electron chi connectivity index (χ2n) is 11.2. The molecule has 2 N–H and O–H groups in total. The number of aromatic hydroxyl groups is 2. The van der Waals surface area contributed by atoms with Gasteiger partial charge in [0.05, 0.1) is 11.6 Å². The zero-order valence-corrected chi connectivity index (χ0v) is 21.0. The Morgan fingerprint density at radius 2 is 1.09 bits per heavy atom. The highest BCUT2D eigenvalue weighted by molar-refractivity contribution is 5.60. The largest absolute Gasteiger partial charge is 0.507 e. The summed E-state index contributed by atoms with van der Waals surface area (Å²) in [4.78, 5) is 0. The molecule has 0 aliphatic carbocycles. The lowest BCUT2D eigenvalue weighted by Crippen LogP contribution is -2.16. The van der Waals surface area contributed by atoms with E-state index in [2.05, 4.69) is 47.6 Å². The van der Waals surface area contributed by atoms with Gasteiger partial charge >= 0.3 is 0 Å². The SMILES string of the molecule is Cc1cc(C(c2ccc(C#N)cc2)c2cc(C)cc(C(C)(C)C)c2O)c(O)c(C(C)(C)C)c1. The smallest absolute Gasteiger partial charge is 0.123 e. The lowest BCUT2D eigenvalue weighted by atomic mass is 9.76. The van der Waals surface area contributed by atoms with Crippen LogP contribution >= 0.6 is 0 Å². The highest BCUT2D eigenvalue weighted by Gasteiger charge is 2.30. The van der Waals surface area contributed by atoms with Gasteiger partial charge in [-0.05, 0) is 53.5 Å². The molecule has 0 heterocycles. The zero-order chi connectivity index (χ0) is 24.7. The molecule has 172 valence electrons. The molecule has 0 spiro atoms. The normalized spacial score (nSPS) is 12.1. The van der Waals surface area contributed by atoms with Gasteiger partial charge in [0.15, 0.2) is 0 Å². The number of rotatable bonds is 3. The van der Waals surface area contributed by atoms with Crippen LogP contribution in [0.4, 0.5) is 0 Å². The number of nitriles is 1. The van der Waals surface area contributed by atoms with E-state index in [0.717, 1.165) is 38.9 Å². The van der Waals surface area contributed by atoms with E-state index in [-0.39, 0.29) is 28.2 Å². The van der Waals surface area contributed by atoms with Gasteiger partial charge in [-0.25, -0.2) is 0 Å². The Kier molecular flexibility index (Phi) is 6.35. The first kappa shape index (κ1) is 24.4. The molecule has 0 aromatic heterocycles. The lowest BCUT2D eigenvalue weighted by Gasteiger charge is -2.29. The Morgan fingerprint density at radius 1 is 0.697 bits per heavy atom. The summed E-state index contributed by atoms with van der Waals surface area (Å²) >= 11 is 0. The molecule has 0 saturated heterocycles. The van der Waals surface area contributed by atoms with E-state index in [9.17, 15) is 15.5 Å². The molecule has 3 rings (SSSR count). The van der Waals surface area contributed by atoms with E-state index >= 15 is 0 Å². The Morgan fingerprint density at radius 3 is 1.42 bits per heavy atom. The molecule has 3 heteroatoms.